The quantitative estimate of drug-likeness (QED) is 0.945. The number of hydrogen-bond donors (Lipinski definition) is 1. The van der Waals surface area contributed by atoms with E-state index >= 15 is 0 Å². The summed E-state index contributed by atoms with van der Waals surface area (Å²) in [6, 6.07) is 8.49. The summed E-state index contributed by atoms with van der Waals surface area (Å²) in [5, 5.41) is 7.18. The monoisotopic (exact) mass is 300 g/mol. The van der Waals surface area contributed by atoms with E-state index in [2.05, 4.69) is 10.4 Å². The van der Waals surface area contributed by atoms with Gasteiger partial charge in [-0.25, -0.2) is 13.9 Å². The Bertz CT molecular complexity index is 710. The van der Waals surface area contributed by atoms with Crippen molar-refractivity contribution in [3.05, 3.63) is 47.9 Å². The third-order valence-electron chi connectivity index (χ3n) is 4.31. The second-order valence-electron chi connectivity index (χ2n) is 5.88. The largest absolute Gasteiger partial charge is 0.323 e. The molecule has 114 valence electrons. The molecule has 2 amide bonds. The lowest BCUT2D eigenvalue weighted by atomic mass is 9.95. The first-order valence-electron chi connectivity index (χ1n) is 7.59. The van der Waals surface area contributed by atoms with Crippen molar-refractivity contribution in [3.63, 3.8) is 0 Å². The van der Waals surface area contributed by atoms with Gasteiger partial charge in [-0.05, 0) is 37.0 Å². The minimum atomic E-state index is -0.267. The fourth-order valence-electron chi connectivity index (χ4n) is 2.90. The van der Waals surface area contributed by atoms with E-state index in [0.717, 1.165) is 30.6 Å². The van der Waals surface area contributed by atoms with Crippen LogP contribution in [0.2, 0.25) is 0 Å². The maximum atomic E-state index is 13.3. The molecule has 4 rings (SSSR count). The SMILES string of the molecule is O=C(Nc1ccnn1C1CC1)N1CCC1c1cccc(F)c1. The van der Waals surface area contributed by atoms with Crippen LogP contribution in [-0.2, 0) is 0 Å². The van der Waals surface area contributed by atoms with Crippen LogP contribution in [0.25, 0.3) is 0 Å². The average molecular weight is 300 g/mol. The zero-order valence-electron chi connectivity index (χ0n) is 12.1. The van der Waals surface area contributed by atoms with E-state index in [1.165, 1.54) is 12.1 Å². The first-order chi connectivity index (χ1) is 10.7. The van der Waals surface area contributed by atoms with Crippen LogP contribution in [0, 0.1) is 5.82 Å². The Labute approximate surface area is 127 Å². The van der Waals surface area contributed by atoms with E-state index in [1.807, 2.05) is 16.8 Å². The van der Waals surface area contributed by atoms with Gasteiger partial charge in [-0.3, -0.25) is 5.32 Å². The second kappa shape index (κ2) is 5.12. The first kappa shape index (κ1) is 13.3. The Morgan fingerprint density at radius 3 is 2.82 bits per heavy atom. The van der Waals surface area contributed by atoms with Crippen molar-refractivity contribution in [2.24, 2.45) is 0 Å². The molecule has 22 heavy (non-hydrogen) atoms. The maximum Gasteiger partial charge on any atom is 0.323 e. The van der Waals surface area contributed by atoms with Crippen molar-refractivity contribution in [2.75, 3.05) is 11.9 Å². The molecule has 1 saturated carbocycles. The first-order valence-corrected chi connectivity index (χ1v) is 7.59. The fraction of sp³-hybridized carbons (Fsp3) is 0.375. The summed E-state index contributed by atoms with van der Waals surface area (Å²) >= 11 is 0. The van der Waals surface area contributed by atoms with Gasteiger partial charge < -0.3 is 4.90 Å². The molecule has 1 aromatic carbocycles. The van der Waals surface area contributed by atoms with Crippen LogP contribution >= 0.6 is 0 Å². The normalized spacial score (nSPS) is 20.6. The Balaban J connectivity index is 1.47. The maximum absolute atomic E-state index is 13.3. The predicted molar refractivity (Wildman–Crippen MR) is 80.0 cm³/mol. The highest BCUT2D eigenvalue weighted by molar-refractivity contribution is 5.89. The third-order valence-corrected chi connectivity index (χ3v) is 4.31. The molecule has 2 heterocycles. The van der Waals surface area contributed by atoms with Gasteiger partial charge in [-0.15, -0.1) is 0 Å². The number of benzene rings is 1. The number of rotatable bonds is 3. The molecule has 2 aliphatic rings. The number of carbonyl (C=O) groups is 1. The minimum Gasteiger partial charge on any atom is -0.317 e. The van der Waals surface area contributed by atoms with Crippen LogP contribution < -0.4 is 5.32 Å². The second-order valence-corrected chi connectivity index (χ2v) is 5.88. The number of likely N-dealkylation sites (tertiary alicyclic amines) is 1. The summed E-state index contributed by atoms with van der Waals surface area (Å²) in [5.74, 6) is 0.467. The zero-order chi connectivity index (χ0) is 15.1. The lowest BCUT2D eigenvalue weighted by Crippen LogP contribution is -2.47. The summed E-state index contributed by atoms with van der Waals surface area (Å²) in [7, 11) is 0. The van der Waals surface area contributed by atoms with Crippen molar-refractivity contribution in [3.8, 4) is 0 Å². The van der Waals surface area contributed by atoms with E-state index in [0.29, 0.717) is 12.6 Å². The lowest BCUT2D eigenvalue weighted by molar-refractivity contribution is 0.126. The van der Waals surface area contributed by atoms with Crippen molar-refractivity contribution in [1.29, 1.82) is 0 Å². The summed E-state index contributed by atoms with van der Waals surface area (Å²) in [6.07, 6.45) is 4.78. The van der Waals surface area contributed by atoms with E-state index in [9.17, 15) is 9.18 Å². The molecule has 1 saturated heterocycles. The highest BCUT2D eigenvalue weighted by Crippen LogP contribution is 2.37. The fourth-order valence-corrected chi connectivity index (χ4v) is 2.90. The number of amides is 2. The van der Waals surface area contributed by atoms with Crippen LogP contribution in [0.1, 0.15) is 36.9 Å². The summed E-state index contributed by atoms with van der Waals surface area (Å²) in [6.45, 7) is 0.685. The molecule has 1 aromatic heterocycles. The smallest absolute Gasteiger partial charge is 0.317 e. The highest BCUT2D eigenvalue weighted by atomic mass is 19.1. The van der Waals surface area contributed by atoms with Gasteiger partial charge >= 0.3 is 6.03 Å². The van der Waals surface area contributed by atoms with E-state index in [-0.39, 0.29) is 17.9 Å². The zero-order valence-corrected chi connectivity index (χ0v) is 12.1. The van der Waals surface area contributed by atoms with Crippen molar-refractivity contribution in [2.45, 2.75) is 31.3 Å². The number of hydrogen-bond acceptors (Lipinski definition) is 2. The number of halogens is 1. The van der Waals surface area contributed by atoms with Crippen LogP contribution in [0.3, 0.4) is 0 Å². The van der Waals surface area contributed by atoms with Gasteiger partial charge in [0.05, 0.1) is 18.3 Å². The summed E-state index contributed by atoms with van der Waals surface area (Å²) in [5.41, 5.74) is 0.845. The standard InChI is InChI=1S/C16H17FN4O/c17-12-3-1-2-11(10-12)14-7-9-20(14)16(22)19-15-6-8-18-21(15)13-4-5-13/h1-3,6,8,10,13-14H,4-5,7,9H2,(H,19,22). The Hall–Kier alpha value is -2.37. The molecule has 1 atom stereocenters. The number of nitrogens with zero attached hydrogens (tertiary/aromatic N) is 3. The van der Waals surface area contributed by atoms with Gasteiger partial charge in [0.25, 0.3) is 0 Å². The third kappa shape index (κ3) is 2.34. The average Bonchev–Trinajstić information content (AvgIpc) is 3.18. The number of carbonyl (C=O) groups excluding carboxylic acids is 1. The van der Waals surface area contributed by atoms with Crippen LogP contribution in [0.4, 0.5) is 15.0 Å². The molecule has 0 radical (unpaired) electrons. The van der Waals surface area contributed by atoms with Crippen molar-refractivity contribution < 1.29 is 9.18 Å². The summed E-state index contributed by atoms with van der Waals surface area (Å²) < 4.78 is 15.2. The van der Waals surface area contributed by atoms with E-state index in [1.54, 1.807) is 17.2 Å². The molecule has 1 unspecified atom stereocenters. The van der Waals surface area contributed by atoms with Gasteiger partial charge in [0.1, 0.15) is 11.6 Å². The van der Waals surface area contributed by atoms with E-state index in [4.69, 9.17) is 0 Å². The van der Waals surface area contributed by atoms with E-state index < -0.39 is 0 Å². The molecule has 6 heteroatoms. The number of urea groups is 1. The molecule has 1 aliphatic heterocycles. The molecule has 1 N–H and O–H groups in total. The molecule has 2 fully saturated rings. The van der Waals surface area contributed by atoms with Gasteiger partial charge in [-0.1, -0.05) is 12.1 Å². The topological polar surface area (TPSA) is 50.2 Å². The van der Waals surface area contributed by atoms with Gasteiger partial charge in [0, 0.05) is 12.6 Å². The van der Waals surface area contributed by atoms with Gasteiger partial charge in [0.2, 0.25) is 0 Å². The molecule has 2 aromatic rings. The molecular weight excluding hydrogens is 283 g/mol. The van der Waals surface area contributed by atoms with Crippen LogP contribution in [0.15, 0.2) is 36.5 Å². The van der Waals surface area contributed by atoms with Crippen LogP contribution in [-0.4, -0.2) is 27.3 Å². The van der Waals surface area contributed by atoms with Gasteiger partial charge in [-0.2, -0.15) is 5.10 Å². The number of anilines is 1. The number of nitrogens with one attached hydrogen (secondary N) is 1. The molecule has 1 aliphatic carbocycles. The van der Waals surface area contributed by atoms with Crippen LogP contribution in [0.5, 0.6) is 0 Å². The Kier molecular flexibility index (Phi) is 3.10. The molecule has 0 bridgehead atoms. The highest BCUT2D eigenvalue weighted by Gasteiger charge is 2.34. The lowest BCUT2D eigenvalue weighted by Gasteiger charge is -2.41. The number of aromatic nitrogens is 2. The molecule has 5 nitrogen and oxygen atoms in total. The van der Waals surface area contributed by atoms with Gasteiger partial charge in [0.15, 0.2) is 0 Å². The Morgan fingerprint density at radius 1 is 1.27 bits per heavy atom. The summed E-state index contributed by atoms with van der Waals surface area (Å²) in [4.78, 5) is 14.2. The molecule has 0 spiro atoms. The minimum absolute atomic E-state index is 0.0482. The Morgan fingerprint density at radius 2 is 2.14 bits per heavy atom. The molecular formula is C16H17FN4O. The predicted octanol–water partition coefficient (Wildman–Crippen LogP) is 3.34. The van der Waals surface area contributed by atoms with Crippen molar-refractivity contribution in [1.82, 2.24) is 14.7 Å². The van der Waals surface area contributed by atoms with Crippen molar-refractivity contribution >= 4 is 11.8 Å².